The molecule has 0 atom stereocenters. The van der Waals surface area contributed by atoms with Crippen molar-refractivity contribution in [2.24, 2.45) is 5.73 Å². The fraction of sp³-hybridized carbons (Fsp3) is 0.250. The molecular formula is C12H15N5. The lowest BCUT2D eigenvalue weighted by Crippen LogP contribution is -2.21. The number of pyridine rings is 1. The normalized spacial score (nSPS) is 10.2. The average Bonchev–Trinajstić information content (AvgIpc) is 2.40. The van der Waals surface area contributed by atoms with E-state index in [0.29, 0.717) is 13.1 Å². The van der Waals surface area contributed by atoms with E-state index in [0.717, 1.165) is 17.1 Å². The molecule has 88 valence electrons. The molecule has 17 heavy (non-hydrogen) atoms. The smallest absolute Gasteiger partial charge is 0.155 e. The zero-order valence-corrected chi connectivity index (χ0v) is 9.74. The molecule has 2 aromatic heterocycles. The van der Waals surface area contributed by atoms with Gasteiger partial charge in [-0.3, -0.25) is 4.98 Å². The van der Waals surface area contributed by atoms with E-state index >= 15 is 0 Å². The van der Waals surface area contributed by atoms with Crippen LogP contribution in [-0.4, -0.2) is 22.2 Å². The fourth-order valence-corrected chi connectivity index (χ4v) is 1.64. The maximum atomic E-state index is 5.67. The van der Waals surface area contributed by atoms with Crippen molar-refractivity contribution in [3.05, 3.63) is 47.9 Å². The Morgan fingerprint density at radius 2 is 2.12 bits per heavy atom. The van der Waals surface area contributed by atoms with Crippen molar-refractivity contribution in [1.29, 1.82) is 0 Å². The van der Waals surface area contributed by atoms with Crippen molar-refractivity contribution < 1.29 is 0 Å². The van der Waals surface area contributed by atoms with Gasteiger partial charge in [0.2, 0.25) is 0 Å². The molecule has 0 saturated heterocycles. The second-order valence-corrected chi connectivity index (χ2v) is 3.76. The van der Waals surface area contributed by atoms with Gasteiger partial charge in [-0.2, -0.15) is 5.10 Å². The van der Waals surface area contributed by atoms with E-state index in [1.807, 2.05) is 36.2 Å². The summed E-state index contributed by atoms with van der Waals surface area (Å²) in [6.07, 6.45) is 3.43. The van der Waals surface area contributed by atoms with Gasteiger partial charge in [0.05, 0.1) is 18.4 Å². The van der Waals surface area contributed by atoms with Crippen LogP contribution in [0.4, 0.5) is 5.82 Å². The average molecular weight is 229 g/mol. The van der Waals surface area contributed by atoms with Gasteiger partial charge >= 0.3 is 0 Å². The van der Waals surface area contributed by atoms with E-state index < -0.39 is 0 Å². The fourth-order valence-electron chi connectivity index (χ4n) is 1.64. The highest BCUT2D eigenvalue weighted by Crippen LogP contribution is 2.15. The summed E-state index contributed by atoms with van der Waals surface area (Å²) in [4.78, 5) is 6.28. The molecule has 2 heterocycles. The number of hydrogen-bond acceptors (Lipinski definition) is 5. The van der Waals surface area contributed by atoms with Gasteiger partial charge in [0, 0.05) is 25.4 Å². The SMILES string of the molecule is CN(Cc1ccccn1)c1nnccc1CN. The largest absolute Gasteiger partial charge is 0.352 e. The van der Waals surface area contributed by atoms with Gasteiger partial charge in [-0.25, -0.2) is 0 Å². The maximum absolute atomic E-state index is 5.67. The van der Waals surface area contributed by atoms with Gasteiger partial charge in [-0.05, 0) is 18.2 Å². The molecule has 0 spiro atoms. The topological polar surface area (TPSA) is 67.9 Å². The number of nitrogens with zero attached hydrogens (tertiary/aromatic N) is 4. The first-order valence-electron chi connectivity index (χ1n) is 5.43. The molecule has 0 amide bonds. The number of rotatable bonds is 4. The lowest BCUT2D eigenvalue weighted by molar-refractivity contribution is 0.824. The first-order chi connectivity index (χ1) is 8.31. The van der Waals surface area contributed by atoms with Gasteiger partial charge in [-0.1, -0.05) is 6.07 Å². The summed E-state index contributed by atoms with van der Waals surface area (Å²) in [5, 5.41) is 8.00. The molecule has 0 aromatic carbocycles. The summed E-state index contributed by atoms with van der Waals surface area (Å²) < 4.78 is 0. The lowest BCUT2D eigenvalue weighted by Gasteiger charge is -2.19. The van der Waals surface area contributed by atoms with Crippen molar-refractivity contribution in [3.63, 3.8) is 0 Å². The molecule has 5 heteroatoms. The summed E-state index contributed by atoms with van der Waals surface area (Å²) >= 11 is 0. The van der Waals surface area contributed by atoms with E-state index in [-0.39, 0.29) is 0 Å². The Labute approximate surface area is 100 Å². The van der Waals surface area contributed by atoms with Crippen LogP contribution in [0.2, 0.25) is 0 Å². The van der Waals surface area contributed by atoms with Crippen LogP contribution in [0.25, 0.3) is 0 Å². The van der Waals surface area contributed by atoms with Gasteiger partial charge in [0.25, 0.3) is 0 Å². The van der Waals surface area contributed by atoms with Crippen LogP contribution < -0.4 is 10.6 Å². The molecule has 0 aliphatic heterocycles. The van der Waals surface area contributed by atoms with Crippen molar-refractivity contribution in [2.75, 3.05) is 11.9 Å². The Kier molecular flexibility index (Phi) is 3.62. The zero-order chi connectivity index (χ0) is 12.1. The number of anilines is 1. The van der Waals surface area contributed by atoms with Crippen molar-refractivity contribution in [2.45, 2.75) is 13.1 Å². The minimum absolute atomic E-state index is 0.456. The van der Waals surface area contributed by atoms with Crippen LogP contribution in [0.1, 0.15) is 11.3 Å². The molecule has 5 nitrogen and oxygen atoms in total. The Balaban J connectivity index is 2.17. The number of hydrogen-bond donors (Lipinski definition) is 1. The van der Waals surface area contributed by atoms with Crippen molar-refractivity contribution in [3.8, 4) is 0 Å². The second-order valence-electron chi connectivity index (χ2n) is 3.76. The molecular weight excluding hydrogens is 214 g/mol. The van der Waals surface area contributed by atoms with Crippen LogP contribution in [0.15, 0.2) is 36.7 Å². The van der Waals surface area contributed by atoms with Crippen molar-refractivity contribution in [1.82, 2.24) is 15.2 Å². The van der Waals surface area contributed by atoms with Gasteiger partial charge in [0.15, 0.2) is 5.82 Å². The molecule has 0 aliphatic carbocycles. The highest BCUT2D eigenvalue weighted by molar-refractivity contribution is 5.44. The predicted molar refractivity (Wildman–Crippen MR) is 66.3 cm³/mol. The van der Waals surface area contributed by atoms with E-state index in [2.05, 4.69) is 15.2 Å². The molecule has 0 unspecified atom stereocenters. The van der Waals surface area contributed by atoms with Crippen LogP contribution >= 0.6 is 0 Å². The highest BCUT2D eigenvalue weighted by Gasteiger charge is 2.09. The molecule has 2 N–H and O–H groups in total. The quantitative estimate of drug-likeness (QED) is 0.846. The molecule has 0 saturated carbocycles. The highest BCUT2D eigenvalue weighted by atomic mass is 15.2. The van der Waals surface area contributed by atoms with Gasteiger partial charge < -0.3 is 10.6 Å². The Bertz CT molecular complexity index is 471. The monoisotopic (exact) mass is 229 g/mol. The van der Waals surface area contributed by atoms with Crippen molar-refractivity contribution >= 4 is 5.82 Å². The molecule has 2 aromatic rings. The van der Waals surface area contributed by atoms with Crippen LogP contribution in [0.5, 0.6) is 0 Å². The Morgan fingerprint density at radius 1 is 1.24 bits per heavy atom. The third-order valence-electron chi connectivity index (χ3n) is 2.49. The molecule has 0 radical (unpaired) electrons. The number of nitrogens with two attached hydrogens (primary N) is 1. The second kappa shape index (κ2) is 5.36. The zero-order valence-electron chi connectivity index (χ0n) is 9.74. The lowest BCUT2D eigenvalue weighted by atomic mass is 10.2. The maximum Gasteiger partial charge on any atom is 0.155 e. The first-order valence-corrected chi connectivity index (χ1v) is 5.43. The summed E-state index contributed by atoms with van der Waals surface area (Å²) in [6.45, 7) is 1.14. The molecule has 2 rings (SSSR count). The van der Waals surface area contributed by atoms with Gasteiger partial charge in [0.1, 0.15) is 0 Å². The Morgan fingerprint density at radius 3 is 2.82 bits per heavy atom. The molecule has 0 fully saturated rings. The van der Waals surface area contributed by atoms with E-state index in [1.54, 1.807) is 12.4 Å². The third-order valence-corrected chi connectivity index (χ3v) is 2.49. The van der Waals surface area contributed by atoms with Crippen LogP contribution in [0, 0.1) is 0 Å². The molecule has 0 aliphatic rings. The number of aromatic nitrogens is 3. The summed E-state index contributed by atoms with van der Waals surface area (Å²) in [7, 11) is 1.96. The minimum Gasteiger partial charge on any atom is -0.352 e. The van der Waals surface area contributed by atoms with E-state index in [1.165, 1.54) is 0 Å². The first kappa shape index (κ1) is 11.5. The predicted octanol–water partition coefficient (Wildman–Crippen LogP) is 0.967. The Hall–Kier alpha value is -2.01. The van der Waals surface area contributed by atoms with Crippen LogP contribution in [0.3, 0.4) is 0 Å². The third kappa shape index (κ3) is 2.76. The minimum atomic E-state index is 0.456. The molecule has 0 bridgehead atoms. The summed E-state index contributed by atoms with van der Waals surface area (Å²) in [5.41, 5.74) is 7.65. The summed E-state index contributed by atoms with van der Waals surface area (Å²) in [6, 6.07) is 7.74. The van der Waals surface area contributed by atoms with E-state index in [9.17, 15) is 0 Å². The van der Waals surface area contributed by atoms with Crippen LogP contribution in [-0.2, 0) is 13.1 Å². The van der Waals surface area contributed by atoms with E-state index in [4.69, 9.17) is 5.73 Å². The van der Waals surface area contributed by atoms with Gasteiger partial charge in [-0.15, -0.1) is 5.10 Å². The summed E-state index contributed by atoms with van der Waals surface area (Å²) in [5.74, 6) is 0.806. The standard InChI is InChI=1S/C12H15N5/c1-17(9-11-4-2-3-6-14-11)12-10(8-13)5-7-15-16-12/h2-7H,8-9,13H2,1H3.